The predicted molar refractivity (Wildman–Crippen MR) is 111 cm³/mol. The van der Waals surface area contributed by atoms with Crippen molar-refractivity contribution in [3.8, 4) is 0 Å². The normalized spacial score (nSPS) is 16.6. The Balaban J connectivity index is 1.70. The number of amides is 2. The molecule has 8 heteroatoms. The Hall–Kier alpha value is -2.32. The Morgan fingerprint density at radius 1 is 1.25 bits per heavy atom. The van der Waals surface area contributed by atoms with Crippen LogP contribution in [-0.4, -0.2) is 31.7 Å². The van der Waals surface area contributed by atoms with E-state index in [-0.39, 0.29) is 34.8 Å². The fraction of sp³-hybridized carbons (Fsp3) is 0.300. The third-order valence-corrected chi connectivity index (χ3v) is 7.57. The molecule has 0 aromatic heterocycles. The van der Waals surface area contributed by atoms with Crippen molar-refractivity contribution in [2.24, 2.45) is 5.92 Å². The van der Waals surface area contributed by atoms with Gasteiger partial charge in [-0.3, -0.25) is 9.59 Å². The summed E-state index contributed by atoms with van der Waals surface area (Å²) in [6, 6.07) is 12.0. The Bertz CT molecular complexity index is 1020. The summed E-state index contributed by atoms with van der Waals surface area (Å²) in [6.07, 6.45) is -0.147. The van der Waals surface area contributed by atoms with E-state index in [0.29, 0.717) is 17.1 Å². The summed E-state index contributed by atoms with van der Waals surface area (Å²) < 4.78 is 25.3. The van der Waals surface area contributed by atoms with Gasteiger partial charge in [-0.05, 0) is 36.8 Å². The van der Waals surface area contributed by atoms with Crippen LogP contribution in [-0.2, 0) is 19.4 Å². The number of para-hydroxylation sites is 1. The van der Waals surface area contributed by atoms with Gasteiger partial charge in [0, 0.05) is 28.7 Å². The molecule has 0 aliphatic carbocycles. The third kappa shape index (κ3) is 4.74. The molecule has 0 saturated carbocycles. The van der Waals surface area contributed by atoms with Gasteiger partial charge in [-0.25, -0.2) is 8.42 Å². The van der Waals surface area contributed by atoms with Gasteiger partial charge in [-0.15, -0.1) is 11.8 Å². The molecule has 2 N–H and O–H groups in total. The van der Waals surface area contributed by atoms with Crippen LogP contribution in [0.15, 0.2) is 52.3 Å². The molecule has 1 atom stereocenters. The quantitative estimate of drug-likeness (QED) is 0.776. The molecule has 148 valence electrons. The van der Waals surface area contributed by atoms with Gasteiger partial charge in [0.05, 0.1) is 16.3 Å². The number of carbonyl (C=O) groups is 2. The first-order chi connectivity index (χ1) is 13.3. The van der Waals surface area contributed by atoms with Gasteiger partial charge in [0.1, 0.15) is 0 Å². The number of benzene rings is 2. The molecule has 3 rings (SSSR count). The molecule has 1 unspecified atom stereocenters. The molecule has 0 spiro atoms. The number of hydrogen-bond donors (Lipinski definition) is 2. The first-order valence-electron chi connectivity index (χ1n) is 8.92. The summed E-state index contributed by atoms with van der Waals surface area (Å²) in [5, 5.41) is 5.52. The molecule has 2 aromatic rings. The highest BCUT2D eigenvalue weighted by Gasteiger charge is 2.23. The maximum atomic E-state index is 12.7. The first-order valence-corrected chi connectivity index (χ1v) is 11.6. The first kappa shape index (κ1) is 20.4. The summed E-state index contributed by atoms with van der Waals surface area (Å²) in [7, 11) is -3.66. The van der Waals surface area contributed by atoms with E-state index in [2.05, 4.69) is 10.6 Å². The average molecular weight is 419 g/mol. The van der Waals surface area contributed by atoms with Crippen LogP contribution in [0.25, 0.3) is 0 Å². The van der Waals surface area contributed by atoms with Crippen molar-refractivity contribution in [2.45, 2.75) is 30.1 Å². The lowest BCUT2D eigenvalue weighted by Gasteiger charge is -2.11. The van der Waals surface area contributed by atoms with Crippen LogP contribution < -0.4 is 10.6 Å². The van der Waals surface area contributed by atoms with Crippen molar-refractivity contribution in [1.82, 2.24) is 0 Å². The van der Waals surface area contributed by atoms with Gasteiger partial charge in [-0.1, -0.05) is 25.1 Å². The Morgan fingerprint density at radius 3 is 2.75 bits per heavy atom. The molecule has 1 aliphatic rings. The Morgan fingerprint density at radius 2 is 2.00 bits per heavy atom. The smallest absolute Gasteiger partial charge is 0.228 e. The molecule has 0 bridgehead atoms. The summed E-state index contributed by atoms with van der Waals surface area (Å²) in [5.41, 5.74) is 2.08. The summed E-state index contributed by atoms with van der Waals surface area (Å²) >= 11 is 1.52. The van der Waals surface area contributed by atoms with E-state index < -0.39 is 9.84 Å². The molecule has 0 radical (unpaired) electrons. The largest absolute Gasteiger partial charge is 0.326 e. The summed E-state index contributed by atoms with van der Waals surface area (Å²) in [6.45, 7) is 3.70. The molecular formula is C20H22N2O4S2. The minimum absolute atomic E-state index is 0.102. The van der Waals surface area contributed by atoms with E-state index in [9.17, 15) is 18.0 Å². The van der Waals surface area contributed by atoms with E-state index in [1.165, 1.54) is 23.9 Å². The molecule has 28 heavy (non-hydrogen) atoms. The van der Waals surface area contributed by atoms with Crippen LogP contribution in [0.1, 0.15) is 18.9 Å². The van der Waals surface area contributed by atoms with Crippen LogP contribution in [0, 0.1) is 12.8 Å². The van der Waals surface area contributed by atoms with Crippen molar-refractivity contribution in [1.29, 1.82) is 0 Å². The van der Waals surface area contributed by atoms with Crippen molar-refractivity contribution in [3.63, 3.8) is 0 Å². The number of sulfone groups is 1. The predicted octanol–water partition coefficient (Wildman–Crippen LogP) is 3.48. The van der Waals surface area contributed by atoms with Gasteiger partial charge >= 0.3 is 0 Å². The van der Waals surface area contributed by atoms with Crippen molar-refractivity contribution < 1.29 is 18.0 Å². The number of nitrogens with one attached hydrogen (secondary N) is 2. The molecule has 0 saturated heterocycles. The highest BCUT2D eigenvalue weighted by molar-refractivity contribution is 7.99. The number of aryl methyl sites for hydroxylation is 1. The number of hydrogen-bond acceptors (Lipinski definition) is 5. The molecule has 1 heterocycles. The molecule has 1 aliphatic heterocycles. The van der Waals surface area contributed by atoms with Gasteiger partial charge < -0.3 is 10.6 Å². The van der Waals surface area contributed by atoms with E-state index in [1.807, 2.05) is 32.0 Å². The maximum Gasteiger partial charge on any atom is 0.228 e. The molecule has 0 fully saturated rings. The average Bonchev–Trinajstić information content (AvgIpc) is 2.80. The zero-order valence-corrected chi connectivity index (χ0v) is 17.3. The number of rotatable bonds is 5. The molecule has 2 amide bonds. The summed E-state index contributed by atoms with van der Waals surface area (Å²) in [5.74, 6) is -0.295. The lowest BCUT2D eigenvalue weighted by Crippen LogP contribution is -2.20. The number of carbonyl (C=O) groups excluding carboxylic acids is 2. The lowest BCUT2D eigenvalue weighted by atomic mass is 10.2. The highest BCUT2D eigenvalue weighted by Crippen LogP contribution is 2.34. The van der Waals surface area contributed by atoms with Crippen molar-refractivity contribution in [2.75, 3.05) is 22.1 Å². The van der Waals surface area contributed by atoms with Crippen molar-refractivity contribution in [3.05, 3.63) is 48.0 Å². The van der Waals surface area contributed by atoms with E-state index >= 15 is 0 Å². The zero-order chi connectivity index (χ0) is 20.3. The second kappa shape index (κ2) is 8.36. The topological polar surface area (TPSA) is 92.3 Å². The minimum Gasteiger partial charge on any atom is -0.326 e. The number of fused-ring (bicyclic) bond motifs is 1. The van der Waals surface area contributed by atoms with Gasteiger partial charge in [-0.2, -0.15) is 0 Å². The van der Waals surface area contributed by atoms with Crippen LogP contribution in [0.5, 0.6) is 0 Å². The number of thioether (sulfide) groups is 1. The zero-order valence-electron chi connectivity index (χ0n) is 15.7. The fourth-order valence-corrected chi connectivity index (χ4v) is 5.02. The lowest BCUT2D eigenvalue weighted by molar-refractivity contribution is -0.118. The molecule has 6 nitrogen and oxygen atoms in total. The van der Waals surface area contributed by atoms with E-state index in [0.717, 1.165) is 10.5 Å². The Kier molecular flexibility index (Phi) is 6.10. The standard InChI is InChI=1S/C20H22N2O4S2/c1-13-5-3-4-6-16(13)21-19(23)9-10-28(25,26)15-7-8-18-17(11-15)22-20(24)14(2)12-27-18/h3-8,11,14H,9-10,12H2,1-2H3,(H,21,23)(H,22,24). The van der Waals surface area contributed by atoms with Gasteiger partial charge in [0.25, 0.3) is 0 Å². The van der Waals surface area contributed by atoms with Crippen LogP contribution in [0.2, 0.25) is 0 Å². The second-order valence-corrected chi connectivity index (χ2v) is 9.96. The third-order valence-electron chi connectivity index (χ3n) is 4.52. The van der Waals surface area contributed by atoms with Gasteiger partial charge in [0.2, 0.25) is 11.8 Å². The Labute approximate surface area is 169 Å². The maximum absolute atomic E-state index is 12.7. The summed E-state index contributed by atoms with van der Waals surface area (Å²) in [4.78, 5) is 25.1. The highest BCUT2D eigenvalue weighted by atomic mass is 32.2. The van der Waals surface area contributed by atoms with E-state index in [4.69, 9.17) is 0 Å². The molecule has 2 aromatic carbocycles. The SMILES string of the molecule is Cc1ccccc1NC(=O)CCS(=O)(=O)c1ccc2c(c1)NC(=O)C(C)CS2. The van der Waals surface area contributed by atoms with E-state index in [1.54, 1.807) is 12.1 Å². The molecular weight excluding hydrogens is 396 g/mol. The van der Waals surface area contributed by atoms with Crippen molar-refractivity contribution >= 4 is 44.8 Å². The van der Waals surface area contributed by atoms with Crippen LogP contribution in [0.3, 0.4) is 0 Å². The van der Waals surface area contributed by atoms with Crippen LogP contribution in [0.4, 0.5) is 11.4 Å². The monoisotopic (exact) mass is 418 g/mol. The van der Waals surface area contributed by atoms with Gasteiger partial charge in [0.15, 0.2) is 9.84 Å². The minimum atomic E-state index is -3.66. The van der Waals surface area contributed by atoms with Crippen LogP contribution >= 0.6 is 11.8 Å². The fourth-order valence-electron chi connectivity index (χ4n) is 2.74. The number of anilines is 2. The second-order valence-electron chi connectivity index (χ2n) is 6.79.